The average molecular weight is 488 g/mol. The quantitative estimate of drug-likeness (QED) is 0.411. The Morgan fingerprint density at radius 1 is 0.909 bits per heavy atom. The summed E-state index contributed by atoms with van der Waals surface area (Å²) in [5, 5.41) is 5.31. The van der Waals surface area contributed by atoms with Gasteiger partial charge in [0.2, 0.25) is 0 Å². The highest BCUT2D eigenvalue weighted by molar-refractivity contribution is 6.32. The molecule has 4 atom stereocenters. The lowest BCUT2D eigenvalue weighted by Gasteiger charge is -2.65. The summed E-state index contributed by atoms with van der Waals surface area (Å²) in [5.41, 5.74) is 3.43. The van der Waals surface area contributed by atoms with E-state index in [0.29, 0.717) is 45.6 Å². The van der Waals surface area contributed by atoms with Crippen molar-refractivity contribution >= 4 is 23.2 Å². The van der Waals surface area contributed by atoms with Crippen molar-refractivity contribution in [3.8, 4) is 11.5 Å². The third-order valence-corrected chi connectivity index (χ3v) is 8.49. The summed E-state index contributed by atoms with van der Waals surface area (Å²) >= 11 is 12.7. The van der Waals surface area contributed by atoms with Crippen molar-refractivity contribution in [2.24, 2.45) is 16.7 Å². The molecule has 0 saturated heterocycles. The van der Waals surface area contributed by atoms with Crippen LogP contribution in [0, 0.1) is 16.7 Å². The fourth-order valence-corrected chi connectivity index (χ4v) is 8.21. The molecule has 2 unspecified atom stereocenters. The van der Waals surface area contributed by atoms with E-state index in [1.54, 1.807) is 0 Å². The summed E-state index contributed by atoms with van der Waals surface area (Å²) in [6.45, 7) is 8.80. The minimum absolute atomic E-state index is 0.255. The van der Waals surface area contributed by atoms with Gasteiger partial charge in [-0.2, -0.15) is 0 Å². The predicted octanol–water partition coefficient (Wildman–Crippen LogP) is 7.81. The van der Waals surface area contributed by atoms with Crippen LogP contribution in [0.15, 0.2) is 36.4 Å². The second kappa shape index (κ2) is 8.66. The number of nitrogens with one attached hydrogen (secondary N) is 1. The summed E-state index contributed by atoms with van der Waals surface area (Å²) in [4.78, 5) is 0. The average Bonchev–Trinajstić information content (AvgIpc) is 2.71. The Bertz CT molecular complexity index is 1000. The largest absolute Gasteiger partial charge is 0.490 e. The number of hydrogen-bond donors (Lipinski definition) is 1. The first kappa shape index (κ1) is 23.3. The van der Waals surface area contributed by atoms with E-state index >= 15 is 0 Å². The van der Waals surface area contributed by atoms with Crippen LogP contribution in [0.4, 0.5) is 0 Å². The number of benzene rings is 2. The van der Waals surface area contributed by atoms with Gasteiger partial charge in [-0.1, -0.05) is 49.2 Å². The molecule has 4 bridgehead atoms. The normalized spacial score (nSPS) is 32.2. The van der Waals surface area contributed by atoms with Gasteiger partial charge in [-0.05, 0) is 97.6 Å². The second-order valence-electron chi connectivity index (χ2n) is 11.5. The van der Waals surface area contributed by atoms with Crippen LogP contribution in [0.2, 0.25) is 10.0 Å². The smallest absolute Gasteiger partial charge is 0.180 e. The van der Waals surface area contributed by atoms with E-state index in [1.165, 1.54) is 38.5 Å². The molecule has 4 aliphatic carbocycles. The molecule has 3 nitrogen and oxygen atoms in total. The Morgan fingerprint density at radius 3 is 2.24 bits per heavy atom. The second-order valence-corrected chi connectivity index (χ2v) is 12.4. The van der Waals surface area contributed by atoms with Crippen LogP contribution in [-0.4, -0.2) is 12.1 Å². The van der Waals surface area contributed by atoms with Crippen molar-refractivity contribution < 1.29 is 9.47 Å². The third kappa shape index (κ3) is 4.88. The van der Waals surface area contributed by atoms with Crippen LogP contribution < -0.4 is 14.8 Å². The van der Waals surface area contributed by atoms with Gasteiger partial charge in [0.05, 0.1) is 11.6 Å². The van der Waals surface area contributed by atoms with Crippen LogP contribution in [0.1, 0.15) is 70.4 Å². The van der Waals surface area contributed by atoms with Gasteiger partial charge in [0.1, 0.15) is 6.61 Å². The Morgan fingerprint density at radius 2 is 1.61 bits per heavy atom. The van der Waals surface area contributed by atoms with Crippen LogP contribution in [-0.2, 0) is 13.2 Å². The molecule has 178 valence electrons. The zero-order valence-corrected chi connectivity index (χ0v) is 21.5. The zero-order valence-electron chi connectivity index (χ0n) is 20.0. The minimum Gasteiger partial charge on any atom is -0.490 e. The molecule has 33 heavy (non-hydrogen) atoms. The Hall–Kier alpha value is -1.42. The molecule has 4 aliphatic rings. The summed E-state index contributed by atoms with van der Waals surface area (Å²) in [6, 6.07) is 11.8. The molecule has 2 aromatic rings. The van der Waals surface area contributed by atoms with Crippen molar-refractivity contribution in [3.63, 3.8) is 0 Å². The molecular formula is C28H35Cl2NO2. The monoisotopic (exact) mass is 487 g/mol. The first-order valence-electron chi connectivity index (χ1n) is 12.3. The van der Waals surface area contributed by atoms with E-state index in [0.717, 1.165) is 23.6 Å². The van der Waals surface area contributed by atoms with E-state index in [9.17, 15) is 0 Å². The standard InChI is InChI=1S/C28H35Cl2NO2/c1-4-32-24-10-20(9-23(30)25(24)33-15-19-5-7-22(29)8-6-19)14-31-28-13-21-11-26(2,17-28)16-27(3,12-21)18-28/h5-10,21,31H,4,11-18H2,1-3H3/t21?,26-,27+,28?. The van der Waals surface area contributed by atoms with Gasteiger partial charge in [-0.3, -0.25) is 0 Å². The van der Waals surface area contributed by atoms with Crippen molar-refractivity contribution in [2.75, 3.05) is 6.61 Å². The molecule has 4 saturated carbocycles. The van der Waals surface area contributed by atoms with Crippen LogP contribution in [0.5, 0.6) is 11.5 Å². The van der Waals surface area contributed by atoms with Crippen molar-refractivity contribution in [1.29, 1.82) is 0 Å². The Balaban J connectivity index is 1.31. The Kier molecular flexibility index (Phi) is 6.12. The molecule has 0 aliphatic heterocycles. The van der Waals surface area contributed by atoms with Gasteiger partial charge < -0.3 is 14.8 Å². The molecular weight excluding hydrogens is 453 g/mol. The van der Waals surface area contributed by atoms with Gasteiger partial charge in [-0.25, -0.2) is 0 Å². The summed E-state index contributed by atoms with van der Waals surface area (Å²) < 4.78 is 12.0. The molecule has 0 aromatic heterocycles. The molecule has 5 heteroatoms. The highest BCUT2D eigenvalue weighted by Gasteiger charge is 2.59. The number of halogens is 2. The molecule has 1 N–H and O–H groups in total. The lowest BCUT2D eigenvalue weighted by molar-refractivity contribution is -0.118. The summed E-state index contributed by atoms with van der Waals surface area (Å²) in [6.07, 6.45) is 8.10. The fourth-order valence-electron chi connectivity index (χ4n) is 7.80. The van der Waals surface area contributed by atoms with Crippen molar-refractivity contribution in [1.82, 2.24) is 5.32 Å². The highest BCUT2D eigenvalue weighted by Crippen LogP contribution is 2.66. The van der Waals surface area contributed by atoms with Gasteiger partial charge in [-0.15, -0.1) is 0 Å². The number of ether oxygens (including phenoxy) is 2. The zero-order chi connectivity index (χ0) is 23.3. The lowest BCUT2D eigenvalue weighted by atomic mass is 9.43. The Labute approximate surface area is 208 Å². The number of hydrogen-bond acceptors (Lipinski definition) is 3. The lowest BCUT2D eigenvalue weighted by Crippen LogP contribution is -2.63. The molecule has 0 spiro atoms. The van der Waals surface area contributed by atoms with Gasteiger partial charge in [0, 0.05) is 17.1 Å². The molecule has 0 amide bonds. The van der Waals surface area contributed by atoms with Crippen LogP contribution in [0.25, 0.3) is 0 Å². The van der Waals surface area contributed by atoms with Crippen LogP contribution >= 0.6 is 23.2 Å². The minimum atomic E-state index is 0.255. The SMILES string of the molecule is CCOc1cc(CNC23CC4C[C@@](C)(C2)C[C@](C)(C4)C3)cc(Cl)c1OCc1ccc(Cl)cc1. The maximum absolute atomic E-state index is 6.71. The summed E-state index contributed by atoms with van der Waals surface area (Å²) in [5.74, 6) is 2.18. The maximum Gasteiger partial charge on any atom is 0.180 e. The first-order chi connectivity index (χ1) is 15.7. The van der Waals surface area contributed by atoms with E-state index in [2.05, 4.69) is 25.2 Å². The first-order valence-corrected chi connectivity index (χ1v) is 13.0. The topological polar surface area (TPSA) is 30.5 Å². The highest BCUT2D eigenvalue weighted by atomic mass is 35.5. The van der Waals surface area contributed by atoms with E-state index < -0.39 is 0 Å². The van der Waals surface area contributed by atoms with E-state index in [-0.39, 0.29) is 5.54 Å². The molecule has 6 rings (SSSR count). The maximum atomic E-state index is 6.71. The van der Waals surface area contributed by atoms with Crippen molar-refractivity contribution in [2.45, 2.75) is 78.0 Å². The number of rotatable bonds is 8. The van der Waals surface area contributed by atoms with Gasteiger partial charge in [0.25, 0.3) is 0 Å². The molecule has 2 aromatic carbocycles. The predicted molar refractivity (Wildman–Crippen MR) is 135 cm³/mol. The fraction of sp³-hybridized carbons (Fsp3) is 0.571. The van der Waals surface area contributed by atoms with E-state index in [1.807, 2.05) is 37.3 Å². The van der Waals surface area contributed by atoms with Crippen LogP contribution in [0.3, 0.4) is 0 Å². The van der Waals surface area contributed by atoms with Gasteiger partial charge in [0.15, 0.2) is 11.5 Å². The molecule has 0 heterocycles. The molecule has 4 fully saturated rings. The van der Waals surface area contributed by atoms with E-state index in [4.69, 9.17) is 32.7 Å². The van der Waals surface area contributed by atoms with Gasteiger partial charge >= 0.3 is 0 Å². The molecule has 0 radical (unpaired) electrons. The van der Waals surface area contributed by atoms with Crippen molar-refractivity contribution in [3.05, 3.63) is 57.6 Å². The third-order valence-electron chi connectivity index (χ3n) is 7.96. The summed E-state index contributed by atoms with van der Waals surface area (Å²) in [7, 11) is 0.